The van der Waals surface area contributed by atoms with Gasteiger partial charge in [-0.1, -0.05) is 0 Å². The predicted molar refractivity (Wildman–Crippen MR) is 111 cm³/mol. The van der Waals surface area contributed by atoms with Crippen molar-refractivity contribution in [1.29, 1.82) is 0 Å². The average Bonchev–Trinajstić information content (AvgIpc) is 2.93. The van der Waals surface area contributed by atoms with E-state index in [2.05, 4.69) is 2.51 Å². The van der Waals surface area contributed by atoms with E-state index in [1.165, 1.54) is 0 Å². The Balaban J connectivity index is 2.76. The molecule has 2 rings (SSSR count). The van der Waals surface area contributed by atoms with E-state index in [4.69, 9.17) is 0 Å². The second-order valence-electron chi connectivity index (χ2n) is 9.24. The lowest BCUT2D eigenvalue weighted by molar-refractivity contribution is -1.03. The maximum absolute atomic E-state index is 14.6. The number of hydrogen-bond acceptors (Lipinski definition) is 3. The minimum atomic E-state index is -9.14. The number of alkyl halides is 23. The van der Waals surface area contributed by atoms with Gasteiger partial charge in [0.2, 0.25) is 0 Å². The number of benzene rings is 2. The third kappa shape index (κ3) is 6.86. The minimum absolute atomic E-state index is 0.0136. The van der Waals surface area contributed by atoms with Crippen LogP contribution >= 0.6 is 0 Å². The molecule has 28 heteroatoms. The highest BCUT2D eigenvalue weighted by Gasteiger charge is 2.96. The van der Waals surface area contributed by atoms with Crippen molar-refractivity contribution in [3.63, 3.8) is 0 Å². The highest BCUT2D eigenvalue weighted by atomic mass is 127. The molecular weight excluding hydrogens is 908 g/mol. The van der Waals surface area contributed by atoms with Gasteiger partial charge in [-0.2, -0.15) is 109 Å². The summed E-state index contributed by atoms with van der Waals surface area (Å²) in [6, 6.07) is 0.403. The number of rotatable bonds is 11. The molecule has 0 spiro atoms. The van der Waals surface area contributed by atoms with Crippen molar-refractivity contribution in [1.82, 2.24) is 0 Å². The van der Waals surface area contributed by atoms with E-state index in [-0.39, 0.29) is 48.5 Å². The SMILES string of the molecule is O=S(=O)(O[I+](c1ccc(C(F)(F)F)cc1)c1ccc(C(F)(F)F)cc1)C(F)(F)C(F)(F)C(F)(F)C(F)(F)C(F)(F)C(F)(F)C(F)(F)C(F)(F)F. The molecule has 2 aromatic rings. The first-order chi connectivity index (χ1) is 21.8. The molecule has 287 valence electrons. The summed E-state index contributed by atoms with van der Waals surface area (Å²) in [7, 11) is -8.20. The fourth-order valence-electron chi connectivity index (χ4n) is 3.13. The van der Waals surface area contributed by atoms with Crippen LogP contribution in [0.25, 0.3) is 0 Å². The quantitative estimate of drug-likeness (QED) is 0.188. The molecule has 0 heterocycles. The van der Waals surface area contributed by atoms with Crippen LogP contribution < -0.4 is 20.2 Å². The van der Waals surface area contributed by atoms with Crippen molar-refractivity contribution in [2.24, 2.45) is 0 Å². The third-order valence-corrected chi connectivity index (χ3v) is 13.3. The van der Waals surface area contributed by atoms with Crippen molar-refractivity contribution in [3.8, 4) is 0 Å². The first-order valence-corrected chi connectivity index (χ1v) is 15.9. The summed E-state index contributed by atoms with van der Waals surface area (Å²) in [4.78, 5) is 0. The van der Waals surface area contributed by atoms with Gasteiger partial charge >= 0.3 is 89.7 Å². The zero-order chi connectivity index (χ0) is 39.8. The topological polar surface area (TPSA) is 43.4 Å². The molecule has 0 aromatic heterocycles. The Labute approximate surface area is 268 Å². The first-order valence-electron chi connectivity index (χ1n) is 11.5. The van der Waals surface area contributed by atoms with E-state index < -0.39 is 108 Å². The monoisotopic (exact) mass is 916 g/mol. The van der Waals surface area contributed by atoms with E-state index in [0.717, 1.165) is 0 Å². The molecule has 0 aliphatic rings. The maximum Gasteiger partial charge on any atom is 0.460 e. The molecule has 0 saturated carbocycles. The third-order valence-electron chi connectivity index (χ3n) is 5.89. The predicted octanol–water partition coefficient (Wildman–Crippen LogP) is 6.62. The minimum Gasteiger partial charge on any atom is -0.192 e. The van der Waals surface area contributed by atoms with Gasteiger partial charge in [-0.05, 0) is 51.0 Å². The van der Waals surface area contributed by atoms with Crippen molar-refractivity contribution < 1.29 is 132 Å². The van der Waals surface area contributed by atoms with Gasteiger partial charge in [0, 0.05) is 0 Å². The van der Waals surface area contributed by atoms with Crippen LogP contribution in [-0.4, -0.2) is 55.4 Å². The highest BCUT2D eigenvalue weighted by Crippen LogP contribution is 2.64. The Morgan fingerprint density at radius 2 is 0.660 bits per heavy atom. The molecule has 0 saturated heterocycles. The molecular formula is C22H8F23IO3S+. The largest absolute Gasteiger partial charge is 0.460 e. The summed E-state index contributed by atoms with van der Waals surface area (Å²) in [5, 5.41) is -8.13. The molecule has 1 radical (unpaired) electrons. The fourth-order valence-corrected chi connectivity index (χ4v) is 10.1. The van der Waals surface area contributed by atoms with Crippen LogP contribution in [0.3, 0.4) is 0 Å². The van der Waals surface area contributed by atoms with Crippen LogP contribution in [0.15, 0.2) is 48.5 Å². The van der Waals surface area contributed by atoms with Crippen LogP contribution in [0.1, 0.15) is 11.1 Å². The Morgan fingerprint density at radius 1 is 0.400 bits per heavy atom. The smallest absolute Gasteiger partial charge is 0.192 e. The van der Waals surface area contributed by atoms with E-state index in [1.807, 2.05) is 0 Å². The van der Waals surface area contributed by atoms with Gasteiger partial charge < -0.3 is 0 Å². The van der Waals surface area contributed by atoms with Crippen molar-refractivity contribution in [3.05, 3.63) is 66.8 Å². The molecule has 50 heavy (non-hydrogen) atoms. The van der Waals surface area contributed by atoms with Crippen LogP contribution in [-0.2, 0) is 25.0 Å². The summed E-state index contributed by atoms with van der Waals surface area (Å²) in [6.45, 7) is 0. The molecule has 0 bridgehead atoms. The highest BCUT2D eigenvalue weighted by molar-refractivity contribution is 7.87. The van der Waals surface area contributed by atoms with Crippen LogP contribution in [0, 0.1) is 7.14 Å². The van der Waals surface area contributed by atoms with Crippen molar-refractivity contribution in [2.45, 2.75) is 59.3 Å². The van der Waals surface area contributed by atoms with Gasteiger partial charge in [0.25, 0.3) is 0 Å². The van der Waals surface area contributed by atoms with E-state index >= 15 is 0 Å². The van der Waals surface area contributed by atoms with Crippen LogP contribution in [0.5, 0.6) is 0 Å². The van der Waals surface area contributed by atoms with Gasteiger partial charge in [0.15, 0.2) is 7.14 Å². The lowest BCUT2D eigenvalue weighted by Crippen LogP contribution is -3.85. The molecule has 0 amide bonds. The second-order valence-corrected chi connectivity index (χ2v) is 15.8. The van der Waals surface area contributed by atoms with Gasteiger partial charge in [0.1, 0.15) is 0 Å². The summed E-state index contributed by atoms with van der Waals surface area (Å²) < 4.78 is 335. The molecule has 0 fully saturated rings. The number of halogens is 24. The lowest BCUT2D eigenvalue weighted by Gasteiger charge is -2.42. The summed E-state index contributed by atoms with van der Waals surface area (Å²) >= 11 is -5.40. The van der Waals surface area contributed by atoms with Gasteiger partial charge in [-0.3, -0.25) is 0 Å². The standard InChI is InChI=1S/C22H8F23IO3S/c23-13(24,25)9-1-5-11(6-2-9)46(12-7-3-10(4-8-12)14(26,27)28)49-50(47,48)22(44,45)20(39,40)18(35,36)16(31,32)15(29,30)17(33,34)19(37,38)21(41,42)43/h1-8H/q+1. The molecule has 0 N–H and O–H groups in total. The Hall–Kier alpha value is -2.53. The summed E-state index contributed by atoms with van der Waals surface area (Å²) in [5.74, 6) is -53.4. The van der Waals surface area contributed by atoms with Gasteiger partial charge in [-0.25, -0.2) is 0 Å². The second kappa shape index (κ2) is 12.6. The normalized spacial score (nSPS) is 15.5. The van der Waals surface area contributed by atoms with Crippen LogP contribution in [0.4, 0.5) is 101 Å². The average molecular weight is 916 g/mol. The Morgan fingerprint density at radius 3 is 0.920 bits per heavy atom. The van der Waals surface area contributed by atoms with E-state index in [1.54, 1.807) is 0 Å². The first kappa shape index (κ1) is 43.6. The van der Waals surface area contributed by atoms with Gasteiger partial charge in [-0.15, -0.1) is 0 Å². The molecule has 0 atom stereocenters. The number of hydrogen-bond donors (Lipinski definition) is 0. The molecule has 2 aromatic carbocycles. The summed E-state index contributed by atoms with van der Waals surface area (Å²) in [5.41, 5.74) is -3.28. The van der Waals surface area contributed by atoms with E-state index in [0.29, 0.717) is 0 Å². The summed E-state index contributed by atoms with van der Waals surface area (Å²) in [6.07, 6.45) is -18.5. The Bertz CT molecular complexity index is 1570. The molecule has 0 aliphatic carbocycles. The molecule has 0 aliphatic heterocycles. The fraction of sp³-hybridized carbons (Fsp3) is 0.455. The zero-order valence-electron chi connectivity index (χ0n) is 22.3. The zero-order valence-corrected chi connectivity index (χ0v) is 25.3. The molecule has 0 unspecified atom stereocenters. The van der Waals surface area contributed by atoms with E-state index in [9.17, 15) is 109 Å². The van der Waals surface area contributed by atoms with Gasteiger partial charge in [0.05, 0.1) is 11.1 Å². The Kier molecular flexibility index (Phi) is 11.0. The maximum atomic E-state index is 14.6. The lowest BCUT2D eigenvalue weighted by atomic mass is 9.91. The molecule has 3 nitrogen and oxygen atoms in total. The van der Waals surface area contributed by atoms with Crippen molar-refractivity contribution in [2.75, 3.05) is 0 Å². The van der Waals surface area contributed by atoms with Crippen LogP contribution in [0.2, 0.25) is 0 Å². The van der Waals surface area contributed by atoms with Crippen molar-refractivity contribution >= 4 is 10.1 Å².